The summed E-state index contributed by atoms with van der Waals surface area (Å²) in [6, 6.07) is 0. The highest BCUT2D eigenvalue weighted by molar-refractivity contribution is 5.95. The lowest BCUT2D eigenvalue weighted by Gasteiger charge is -2.03. The molecule has 0 radical (unpaired) electrons. The Labute approximate surface area is 85.5 Å². The number of aromatic nitrogens is 2. The number of rotatable bonds is 3. The summed E-state index contributed by atoms with van der Waals surface area (Å²) in [5, 5.41) is 6.82. The second-order valence-electron chi connectivity index (χ2n) is 2.64. The summed E-state index contributed by atoms with van der Waals surface area (Å²) in [5.74, 6) is -0.821. The van der Waals surface area contributed by atoms with Gasteiger partial charge in [0.05, 0.1) is 11.9 Å². The van der Waals surface area contributed by atoms with E-state index in [1.165, 1.54) is 12.3 Å². The van der Waals surface area contributed by atoms with Crippen LogP contribution in [0.25, 0.3) is 5.70 Å². The van der Waals surface area contributed by atoms with E-state index in [9.17, 15) is 4.79 Å². The first-order valence-corrected chi connectivity index (χ1v) is 3.95. The van der Waals surface area contributed by atoms with Gasteiger partial charge in [-0.3, -0.25) is 4.79 Å². The quantitative estimate of drug-likeness (QED) is 0.474. The Morgan fingerprint density at radius 1 is 1.47 bits per heavy atom. The van der Waals surface area contributed by atoms with E-state index < -0.39 is 5.91 Å². The van der Waals surface area contributed by atoms with Crippen LogP contribution in [0.1, 0.15) is 16.2 Å². The van der Waals surface area contributed by atoms with Crippen molar-refractivity contribution >= 4 is 23.6 Å². The molecule has 7 N–H and O–H groups in total. The highest BCUT2D eigenvalue weighted by Gasteiger charge is 2.10. The first kappa shape index (κ1) is 10.6. The molecule has 1 amide bonds. The first-order chi connectivity index (χ1) is 7.06. The van der Waals surface area contributed by atoms with Crippen molar-refractivity contribution in [3.63, 3.8) is 0 Å². The largest absolute Gasteiger partial charge is 0.397 e. The molecule has 0 bridgehead atoms. The van der Waals surface area contributed by atoms with Gasteiger partial charge in [0.1, 0.15) is 5.69 Å². The molecular weight excluding hydrogens is 196 g/mol. The second-order valence-corrected chi connectivity index (χ2v) is 2.64. The molecule has 0 unspecified atom stereocenters. The van der Waals surface area contributed by atoms with Crippen molar-refractivity contribution in [1.29, 1.82) is 5.41 Å². The molecule has 0 saturated heterocycles. The molecule has 0 aliphatic rings. The van der Waals surface area contributed by atoms with Crippen molar-refractivity contribution in [2.75, 3.05) is 5.73 Å². The van der Waals surface area contributed by atoms with Crippen LogP contribution >= 0.6 is 0 Å². The topological polar surface area (TPSA) is 145 Å². The Hall–Kier alpha value is -2.44. The molecule has 0 aliphatic carbocycles. The smallest absolute Gasteiger partial charge is 0.271 e. The van der Waals surface area contributed by atoms with Gasteiger partial charge in [0.25, 0.3) is 5.91 Å². The summed E-state index contributed by atoms with van der Waals surface area (Å²) >= 11 is 0. The van der Waals surface area contributed by atoms with Crippen LogP contribution in [0.4, 0.5) is 5.82 Å². The summed E-state index contributed by atoms with van der Waals surface area (Å²) in [4.78, 5) is 18.4. The van der Waals surface area contributed by atoms with Gasteiger partial charge in [-0.2, -0.15) is 0 Å². The van der Waals surface area contributed by atoms with Gasteiger partial charge >= 0.3 is 0 Å². The summed E-state index contributed by atoms with van der Waals surface area (Å²) < 4.78 is 0. The zero-order valence-corrected chi connectivity index (χ0v) is 7.77. The Morgan fingerprint density at radius 3 is 2.67 bits per heavy atom. The summed E-state index contributed by atoms with van der Waals surface area (Å²) in [5.41, 5.74) is 16.3. The van der Waals surface area contributed by atoms with E-state index in [4.69, 9.17) is 22.6 Å². The highest BCUT2D eigenvalue weighted by Crippen LogP contribution is 2.09. The zero-order valence-electron chi connectivity index (χ0n) is 7.77. The molecule has 0 fully saturated rings. The predicted octanol–water partition coefficient (Wildman–Crippen LogP) is -0.893. The van der Waals surface area contributed by atoms with Gasteiger partial charge in [0.15, 0.2) is 11.5 Å². The summed E-state index contributed by atoms with van der Waals surface area (Å²) in [7, 11) is 0. The molecule has 0 aliphatic heterocycles. The maximum absolute atomic E-state index is 10.9. The standard InChI is InChI=1S/C8H10N6O/c9-2-1-4(10)5-3-13-7(11)6(14-5)8(12)15/h1-3,9H,10H2,(H2,11,13)(H2,12,15)/b4-1-,9-2?. The fourth-order valence-corrected chi connectivity index (χ4v) is 0.894. The van der Waals surface area contributed by atoms with Crippen LogP contribution in [0.3, 0.4) is 0 Å². The Balaban J connectivity index is 3.24. The van der Waals surface area contributed by atoms with Gasteiger partial charge in [-0.15, -0.1) is 0 Å². The van der Waals surface area contributed by atoms with Gasteiger partial charge < -0.3 is 22.6 Å². The van der Waals surface area contributed by atoms with E-state index in [-0.39, 0.29) is 22.9 Å². The van der Waals surface area contributed by atoms with Gasteiger partial charge in [-0.25, -0.2) is 9.97 Å². The first-order valence-electron chi connectivity index (χ1n) is 3.95. The van der Waals surface area contributed by atoms with Crippen LogP contribution in [0.2, 0.25) is 0 Å². The van der Waals surface area contributed by atoms with Crippen LogP contribution < -0.4 is 17.2 Å². The number of nitrogens with two attached hydrogens (primary N) is 3. The molecule has 15 heavy (non-hydrogen) atoms. The summed E-state index contributed by atoms with van der Waals surface area (Å²) in [6.45, 7) is 0. The molecule has 1 aromatic rings. The molecule has 1 aromatic heterocycles. The van der Waals surface area contributed by atoms with E-state index in [1.54, 1.807) is 0 Å². The molecule has 0 atom stereocenters. The number of nitrogen functional groups attached to an aromatic ring is 1. The lowest BCUT2D eigenvalue weighted by molar-refractivity contribution is 0.0996. The van der Waals surface area contributed by atoms with Crippen LogP contribution in [-0.4, -0.2) is 22.1 Å². The minimum absolute atomic E-state index is 0.0473. The number of amides is 1. The molecule has 0 aromatic carbocycles. The van der Waals surface area contributed by atoms with Crippen LogP contribution in [0.15, 0.2) is 12.3 Å². The minimum Gasteiger partial charge on any atom is -0.397 e. The Bertz CT molecular complexity index is 439. The molecule has 7 heteroatoms. The molecular formula is C8H10N6O. The maximum Gasteiger partial charge on any atom is 0.271 e. The average Bonchev–Trinajstić information content (AvgIpc) is 2.18. The van der Waals surface area contributed by atoms with Crippen LogP contribution in [0, 0.1) is 5.41 Å². The van der Waals surface area contributed by atoms with Gasteiger partial charge in [-0.05, 0) is 6.08 Å². The second kappa shape index (κ2) is 4.18. The van der Waals surface area contributed by atoms with Crippen molar-refractivity contribution in [2.24, 2.45) is 11.5 Å². The lowest BCUT2D eigenvalue weighted by atomic mass is 10.3. The Kier molecular flexibility index (Phi) is 2.97. The third kappa shape index (κ3) is 2.27. The van der Waals surface area contributed by atoms with Crippen molar-refractivity contribution in [2.45, 2.75) is 0 Å². The number of allylic oxidation sites excluding steroid dienone is 1. The number of nitrogens with one attached hydrogen (secondary N) is 1. The van der Waals surface area contributed by atoms with Crippen molar-refractivity contribution in [1.82, 2.24) is 9.97 Å². The molecule has 1 heterocycles. The van der Waals surface area contributed by atoms with Crippen molar-refractivity contribution in [3.8, 4) is 0 Å². The van der Waals surface area contributed by atoms with Crippen molar-refractivity contribution in [3.05, 3.63) is 23.7 Å². The third-order valence-corrected chi connectivity index (χ3v) is 1.59. The summed E-state index contributed by atoms with van der Waals surface area (Å²) in [6.07, 6.45) is 3.61. The van der Waals surface area contributed by atoms with Gasteiger partial charge in [-0.1, -0.05) is 0 Å². The number of nitrogens with zero attached hydrogens (tertiary/aromatic N) is 2. The Morgan fingerprint density at radius 2 is 2.13 bits per heavy atom. The fourth-order valence-electron chi connectivity index (χ4n) is 0.894. The maximum atomic E-state index is 10.9. The van der Waals surface area contributed by atoms with Crippen LogP contribution in [0.5, 0.6) is 0 Å². The van der Waals surface area contributed by atoms with Crippen molar-refractivity contribution < 1.29 is 4.79 Å². The SMILES string of the molecule is N=C/C=C(\N)c1cnc(N)c(C(N)=O)n1. The molecule has 1 rings (SSSR count). The number of hydrogen-bond donors (Lipinski definition) is 4. The average molecular weight is 206 g/mol. The lowest BCUT2D eigenvalue weighted by Crippen LogP contribution is -2.18. The third-order valence-electron chi connectivity index (χ3n) is 1.59. The van der Waals surface area contributed by atoms with Crippen LogP contribution in [-0.2, 0) is 0 Å². The fraction of sp³-hybridized carbons (Fsp3) is 0. The molecule has 0 saturated carbocycles. The monoisotopic (exact) mass is 206 g/mol. The van der Waals surface area contributed by atoms with E-state index in [0.29, 0.717) is 0 Å². The number of primary amides is 1. The molecule has 78 valence electrons. The van der Waals surface area contributed by atoms with E-state index >= 15 is 0 Å². The van der Waals surface area contributed by atoms with Gasteiger partial charge in [0, 0.05) is 6.21 Å². The highest BCUT2D eigenvalue weighted by atomic mass is 16.1. The number of carbonyl (C=O) groups excluding carboxylic acids is 1. The molecule has 7 nitrogen and oxygen atoms in total. The number of anilines is 1. The zero-order chi connectivity index (χ0) is 11.4. The molecule has 0 spiro atoms. The van der Waals surface area contributed by atoms with Gasteiger partial charge in [0.2, 0.25) is 0 Å². The van der Waals surface area contributed by atoms with E-state index in [2.05, 4.69) is 9.97 Å². The predicted molar refractivity (Wildman–Crippen MR) is 55.9 cm³/mol. The number of hydrogen-bond acceptors (Lipinski definition) is 6. The van der Waals surface area contributed by atoms with E-state index in [0.717, 1.165) is 6.21 Å². The normalized spacial score (nSPS) is 11.1. The minimum atomic E-state index is -0.774. The number of carbonyl (C=O) groups is 1. The van der Waals surface area contributed by atoms with E-state index in [1.807, 2.05) is 0 Å².